The fourth-order valence-corrected chi connectivity index (χ4v) is 2.27. The molecule has 0 aliphatic carbocycles. The van der Waals surface area contributed by atoms with E-state index in [4.69, 9.17) is 4.74 Å². The van der Waals surface area contributed by atoms with Gasteiger partial charge in [0.05, 0.1) is 18.6 Å². The largest absolute Gasteiger partial charge is 0.466 e. The molecule has 1 amide bonds. The van der Waals surface area contributed by atoms with Crippen LogP contribution in [-0.2, 0) is 9.53 Å². The summed E-state index contributed by atoms with van der Waals surface area (Å²) in [6.45, 7) is 2.89. The first-order chi connectivity index (χ1) is 10.1. The van der Waals surface area contributed by atoms with Crippen LogP contribution in [-0.4, -0.2) is 25.0 Å². The van der Waals surface area contributed by atoms with Gasteiger partial charge in [-0.05, 0) is 34.5 Å². The van der Waals surface area contributed by atoms with Gasteiger partial charge in [0.2, 0.25) is 0 Å². The van der Waals surface area contributed by atoms with Gasteiger partial charge < -0.3 is 10.1 Å². The molecule has 21 heavy (non-hydrogen) atoms. The molecule has 0 heterocycles. The van der Waals surface area contributed by atoms with Crippen LogP contribution < -0.4 is 5.32 Å². The Bertz CT molecular complexity index is 463. The minimum atomic E-state index is -0.265. The normalized spacial score (nSPS) is 10.2. The second-order valence-corrected chi connectivity index (χ2v) is 5.62. The lowest BCUT2D eigenvalue weighted by Crippen LogP contribution is -2.26. The molecule has 0 aliphatic heterocycles. The summed E-state index contributed by atoms with van der Waals surface area (Å²) in [4.78, 5) is 23.4. The zero-order valence-electron chi connectivity index (χ0n) is 12.4. The van der Waals surface area contributed by atoms with Gasteiger partial charge in [-0.15, -0.1) is 0 Å². The van der Waals surface area contributed by atoms with Crippen LogP contribution in [0.1, 0.15) is 49.4 Å². The number of hydrogen-bond donors (Lipinski definition) is 1. The predicted molar refractivity (Wildman–Crippen MR) is 86.2 cm³/mol. The van der Waals surface area contributed by atoms with Crippen molar-refractivity contribution < 1.29 is 14.3 Å². The Morgan fingerprint density at radius 2 is 1.95 bits per heavy atom. The summed E-state index contributed by atoms with van der Waals surface area (Å²) in [6.07, 6.45) is 4.52. The molecule has 0 radical (unpaired) electrons. The van der Waals surface area contributed by atoms with E-state index in [1.807, 2.05) is 6.07 Å². The van der Waals surface area contributed by atoms with Crippen LogP contribution in [0.3, 0.4) is 0 Å². The summed E-state index contributed by atoms with van der Waals surface area (Å²) in [5.41, 5.74) is 0.561. The van der Waals surface area contributed by atoms with Crippen LogP contribution in [0.25, 0.3) is 0 Å². The van der Waals surface area contributed by atoms with Gasteiger partial charge in [-0.3, -0.25) is 9.59 Å². The van der Waals surface area contributed by atoms with E-state index in [0.717, 1.165) is 23.7 Å². The number of unbranched alkanes of at least 4 members (excludes halogenated alkanes) is 3. The lowest BCUT2D eigenvalue weighted by Gasteiger charge is -2.07. The van der Waals surface area contributed by atoms with E-state index in [1.165, 1.54) is 6.42 Å². The van der Waals surface area contributed by atoms with Crippen molar-refractivity contribution in [2.75, 3.05) is 13.2 Å². The van der Waals surface area contributed by atoms with Gasteiger partial charge in [0.1, 0.15) is 0 Å². The Kier molecular flexibility index (Phi) is 8.74. The van der Waals surface area contributed by atoms with Gasteiger partial charge in [-0.25, -0.2) is 0 Å². The Morgan fingerprint density at radius 1 is 1.19 bits per heavy atom. The van der Waals surface area contributed by atoms with E-state index in [0.29, 0.717) is 12.2 Å². The number of halogens is 1. The zero-order valence-corrected chi connectivity index (χ0v) is 13.9. The maximum absolute atomic E-state index is 11.9. The van der Waals surface area contributed by atoms with Gasteiger partial charge in [0.25, 0.3) is 5.91 Å². The highest BCUT2D eigenvalue weighted by Crippen LogP contribution is 2.15. The van der Waals surface area contributed by atoms with Crippen molar-refractivity contribution in [2.24, 2.45) is 0 Å². The van der Waals surface area contributed by atoms with Gasteiger partial charge in [0, 0.05) is 11.0 Å². The van der Waals surface area contributed by atoms with E-state index < -0.39 is 0 Å². The number of hydrogen-bond acceptors (Lipinski definition) is 3. The molecule has 4 nitrogen and oxygen atoms in total. The molecule has 0 saturated heterocycles. The molecule has 1 N–H and O–H groups in total. The number of nitrogens with one attached hydrogen (secondary N) is 1. The molecule has 0 aromatic heterocycles. The molecule has 0 atom stereocenters. The fraction of sp³-hybridized carbons (Fsp3) is 0.500. The van der Waals surface area contributed by atoms with Crippen molar-refractivity contribution in [1.82, 2.24) is 5.32 Å². The first-order valence-electron chi connectivity index (χ1n) is 7.33. The molecule has 5 heteroatoms. The SMILES string of the molecule is CCCCCCOC(=O)CCNC(=O)c1ccccc1Br. The Morgan fingerprint density at radius 3 is 2.67 bits per heavy atom. The van der Waals surface area contributed by atoms with E-state index in [2.05, 4.69) is 28.2 Å². The predicted octanol–water partition coefficient (Wildman–Crippen LogP) is 3.69. The molecular formula is C16H22BrNO3. The van der Waals surface area contributed by atoms with Crippen molar-refractivity contribution in [3.8, 4) is 0 Å². The minimum Gasteiger partial charge on any atom is -0.466 e. The van der Waals surface area contributed by atoms with Crippen LogP contribution in [0.4, 0.5) is 0 Å². The highest BCUT2D eigenvalue weighted by molar-refractivity contribution is 9.10. The molecule has 1 aromatic rings. The van der Waals surface area contributed by atoms with Crippen molar-refractivity contribution >= 4 is 27.8 Å². The van der Waals surface area contributed by atoms with Gasteiger partial charge in [0.15, 0.2) is 0 Å². The molecule has 0 unspecified atom stereocenters. The highest BCUT2D eigenvalue weighted by atomic mass is 79.9. The molecule has 1 aromatic carbocycles. The summed E-state index contributed by atoms with van der Waals surface area (Å²) in [5, 5.41) is 2.71. The third-order valence-corrected chi connectivity index (χ3v) is 3.69. The standard InChI is InChI=1S/C16H22BrNO3/c1-2-3-4-7-12-21-15(19)10-11-18-16(20)13-8-5-6-9-14(13)17/h5-6,8-9H,2-4,7,10-12H2,1H3,(H,18,20). The van der Waals surface area contributed by atoms with Crippen LogP contribution >= 0.6 is 15.9 Å². The maximum Gasteiger partial charge on any atom is 0.307 e. The van der Waals surface area contributed by atoms with Gasteiger partial charge in [-0.1, -0.05) is 38.3 Å². The summed E-state index contributed by atoms with van der Waals surface area (Å²) in [5.74, 6) is -0.461. The monoisotopic (exact) mass is 355 g/mol. The first-order valence-corrected chi connectivity index (χ1v) is 8.12. The molecule has 0 fully saturated rings. The maximum atomic E-state index is 11.9. The van der Waals surface area contributed by atoms with Crippen molar-refractivity contribution in [3.05, 3.63) is 34.3 Å². The highest BCUT2D eigenvalue weighted by Gasteiger charge is 2.09. The third-order valence-electron chi connectivity index (χ3n) is 2.99. The number of carbonyl (C=O) groups excluding carboxylic acids is 2. The number of amides is 1. The topological polar surface area (TPSA) is 55.4 Å². The Labute approximate surface area is 134 Å². The third kappa shape index (κ3) is 7.27. The molecule has 0 bridgehead atoms. The van der Waals surface area contributed by atoms with E-state index in [-0.39, 0.29) is 24.8 Å². The summed E-state index contributed by atoms with van der Waals surface area (Å²) >= 11 is 3.32. The number of carbonyl (C=O) groups is 2. The van der Waals surface area contributed by atoms with Crippen LogP contribution in [0.15, 0.2) is 28.7 Å². The fourth-order valence-electron chi connectivity index (χ4n) is 1.81. The Balaban J connectivity index is 2.17. The minimum absolute atomic E-state index is 0.196. The number of ether oxygens (including phenoxy) is 1. The van der Waals surface area contributed by atoms with Crippen molar-refractivity contribution in [1.29, 1.82) is 0 Å². The summed E-state index contributed by atoms with van der Waals surface area (Å²) in [7, 11) is 0. The molecule has 0 aliphatic rings. The molecule has 0 spiro atoms. The van der Waals surface area contributed by atoms with Gasteiger partial charge in [-0.2, -0.15) is 0 Å². The van der Waals surface area contributed by atoms with Crippen molar-refractivity contribution in [3.63, 3.8) is 0 Å². The average molecular weight is 356 g/mol. The van der Waals surface area contributed by atoms with Crippen LogP contribution in [0.2, 0.25) is 0 Å². The number of rotatable bonds is 9. The molecule has 116 valence electrons. The lowest BCUT2D eigenvalue weighted by atomic mass is 10.2. The van der Waals surface area contributed by atoms with E-state index in [1.54, 1.807) is 18.2 Å². The van der Waals surface area contributed by atoms with Crippen molar-refractivity contribution in [2.45, 2.75) is 39.0 Å². The quantitative estimate of drug-likeness (QED) is 0.542. The number of benzene rings is 1. The zero-order chi connectivity index (χ0) is 15.5. The second kappa shape index (κ2) is 10.4. The lowest BCUT2D eigenvalue weighted by molar-refractivity contribution is -0.143. The molecule has 1 rings (SSSR count). The summed E-state index contributed by atoms with van der Waals surface area (Å²) < 4.78 is 5.84. The van der Waals surface area contributed by atoms with Gasteiger partial charge >= 0.3 is 5.97 Å². The average Bonchev–Trinajstić information content (AvgIpc) is 2.47. The molecule has 0 saturated carbocycles. The van der Waals surface area contributed by atoms with E-state index in [9.17, 15) is 9.59 Å². The second-order valence-electron chi connectivity index (χ2n) is 4.77. The van der Waals surface area contributed by atoms with Crippen LogP contribution in [0, 0.1) is 0 Å². The number of esters is 1. The molecular weight excluding hydrogens is 334 g/mol. The van der Waals surface area contributed by atoms with Crippen LogP contribution in [0.5, 0.6) is 0 Å². The first kappa shape index (κ1) is 17.7. The smallest absolute Gasteiger partial charge is 0.307 e. The summed E-state index contributed by atoms with van der Waals surface area (Å²) in [6, 6.07) is 7.17. The Hall–Kier alpha value is -1.36. The van der Waals surface area contributed by atoms with E-state index >= 15 is 0 Å².